The van der Waals surface area contributed by atoms with Crippen molar-refractivity contribution >= 4 is 28.9 Å². The fourth-order valence-corrected chi connectivity index (χ4v) is 7.69. The summed E-state index contributed by atoms with van der Waals surface area (Å²) in [7, 11) is 1.23. The van der Waals surface area contributed by atoms with Crippen molar-refractivity contribution < 1.29 is 37.0 Å². The molecule has 4 fully saturated rings. The SMILES string of the molecule is COC(=O)c1sc(C2(C(F)(F)F)CC2)cc1N(C(=O)C1CCC(C)CC1)C1CCC(OC2CCOC2)CC1. The Morgan fingerprint density at radius 2 is 1.71 bits per heavy atom. The number of ether oxygens (including phenoxy) is 3. The van der Waals surface area contributed by atoms with Gasteiger partial charge >= 0.3 is 12.1 Å². The number of thiophene rings is 1. The Kier molecular flexibility index (Phi) is 8.14. The second kappa shape index (κ2) is 11.1. The molecule has 1 aliphatic heterocycles. The van der Waals surface area contributed by atoms with E-state index in [1.54, 1.807) is 4.90 Å². The van der Waals surface area contributed by atoms with Crippen LogP contribution in [0.5, 0.6) is 0 Å². The molecular formula is C28H38F3NO5S. The van der Waals surface area contributed by atoms with Crippen LogP contribution in [0, 0.1) is 11.8 Å². The molecular weight excluding hydrogens is 519 g/mol. The Labute approximate surface area is 226 Å². The van der Waals surface area contributed by atoms with Crippen LogP contribution in [0.25, 0.3) is 0 Å². The predicted molar refractivity (Wildman–Crippen MR) is 138 cm³/mol. The van der Waals surface area contributed by atoms with Crippen molar-refractivity contribution in [3.05, 3.63) is 15.8 Å². The summed E-state index contributed by atoms with van der Waals surface area (Å²) in [5.74, 6) is -0.402. The molecule has 5 rings (SSSR count). The first kappa shape index (κ1) is 27.9. The normalized spacial score (nSPS) is 31.1. The number of anilines is 1. The van der Waals surface area contributed by atoms with Crippen LogP contribution < -0.4 is 4.90 Å². The number of amides is 1. The van der Waals surface area contributed by atoms with Gasteiger partial charge in [0.2, 0.25) is 5.91 Å². The lowest BCUT2D eigenvalue weighted by Gasteiger charge is -2.40. The summed E-state index contributed by atoms with van der Waals surface area (Å²) in [4.78, 5) is 28.9. The van der Waals surface area contributed by atoms with Gasteiger partial charge in [-0.05, 0) is 82.6 Å². The molecule has 1 aromatic heterocycles. The minimum absolute atomic E-state index is 0.00114. The van der Waals surface area contributed by atoms with Gasteiger partial charge < -0.3 is 19.1 Å². The van der Waals surface area contributed by atoms with E-state index in [9.17, 15) is 22.8 Å². The van der Waals surface area contributed by atoms with Gasteiger partial charge in [-0.1, -0.05) is 6.92 Å². The van der Waals surface area contributed by atoms with Crippen molar-refractivity contribution in [2.75, 3.05) is 25.2 Å². The zero-order valence-corrected chi connectivity index (χ0v) is 23.0. The average molecular weight is 558 g/mol. The van der Waals surface area contributed by atoms with Gasteiger partial charge in [-0.25, -0.2) is 4.79 Å². The van der Waals surface area contributed by atoms with Crippen molar-refractivity contribution in [2.24, 2.45) is 11.8 Å². The van der Waals surface area contributed by atoms with Gasteiger partial charge in [-0.2, -0.15) is 13.2 Å². The topological polar surface area (TPSA) is 65.1 Å². The number of rotatable bonds is 7. The largest absolute Gasteiger partial charge is 0.465 e. The highest BCUT2D eigenvalue weighted by Crippen LogP contribution is 2.61. The molecule has 6 nitrogen and oxygen atoms in total. The van der Waals surface area contributed by atoms with Crippen molar-refractivity contribution in [1.82, 2.24) is 0 Å². The van der Waals surface area contributed by atoms with Gasteiger partial charge in [0.05, 0.1) is 31.6 Å². The maximum absolute atomic E-state index is 14.1. The van der Waals surface area contributed by atoms with Gasteiger partial charge in [0.15, 0.2) is 0 Å². The number of halogens is 3. The van der Waals surface area contributed by atoms with E-state index in [4.69, 9.17) is 14.2 Å². The molecule has 1 saturated heterocycles. The Morgan fingerprint density at radius 3 is 2.26 bits per heavy atom. The fourth-order valence-electron chi connectivity index (χ4n) is 6.36. The molecule has 0 spiro atoms. The monoisotopic (exact) mass is 557 g/mol. The summed E-state index contributed by atoms with van der Waals surface area (Å²) in [6, 6.07) is 1.27. The average Bonchev–Trinajstić information content (AvgIpc) is 3.37. The number of carbonyl (C=O) groups is 2. The van der Waals surface area contributed by atoms with Crippen molar-refractivity contribution in [3.8, 4) is 0 Å². The molecule has 2 heterocycles. The van der Waals surface area contributed by atoms with Crippen LogP contribution in [0.4, 0.5) is 18.9 Å². The summed E-state index contributed by atoms with van der Waals surface area (Å²) >= 11 is 0.840. The van der Waals surface area contributed by atoms with Crippen LogP contribution in [0.15, 0.2) is 6.07 Å². The molecule has 0 N–H and O–H groups in total. The summed E-state index contributed by atoms with van der Waals surface area (Å²) < 4.78 is 58.8. The first-order valence-corrected chi connectivity index (χ1v) is 14.8. The molecule has 1 aromatic rings. The highest BCUT2D eigenvalue weighted by atomic mass is 32.1. The number of nitrogens with zero attached hydrogens (tertiary/aromatic N) is 1. The zero-order valence-electron chi connectivity index (χ0n) is 22.2. The van der Waals surface area contributed by atoms with Gasteiger partial charge in [-0.15, -0.1) is 11.3 Å². The molecule has 0 aromatic carbocycles. The van der Waals surface area contributed by atoms with Crippen molar-refractivity contribution in [2.45, 2.75) is 107 Å². The molecule has 3 aliphatic carbocycles. The zero-order chi connectivity index (χ0) is 27.1. The lowest BCUT2D eigenvalue weighted by Crippen LogP contribution is -2.47. The van der Waals surface area contributed by atoms with Crippen LogP contribution in [0.2, 0.25) is 0 Å². The van der Waals surface area contributed by atoms with Crippen molar-refractivity contribution in [1.29, 1.82) is 0 Å². The van der Waals surface area contributed by atoms with Crippen LogP contribution >= 0.6 is 11.3 Å². The van der Waals surface area contributed by atoms with Crippen LogP contribution in [0.3, 0.4) is 0 Å². The van der Waals surface area contributed by atoms with E-state index in [-0.39, 0.29) is 52.7 Å². The quantitative estimate of drug-likeness (QED) is 0.363. The number of hydrogen-bond acceptors (Lipinski definition) is 6. The lowest BCUT2D eigenvalue weighted by molar-refractivity contribution is -0.159. The Bertz CT molecular complexity index is 1000. The second-order valence-corrected chi connectivity index (χ2v) is 12.7. The first-order chi connectivity index (χ1) is 18.1. The van der Waals surface area contributed by atoms with E-state index in [2.05, 4.69) is 6.92 Å². The Hall–Kier alpha value is -1.65. The first-order valence-electron chi connectivity index (χ1n) is 14.0. The minimum Gasteiger partial charge on any atom is -0.465 e. The molecule has 1 atom stereocenters. The third-order valence-electron chi connectivity index (χ3n) is 8.99. The number of carbonyl (C=O) groups excluding carboxylic acids is 2. The van der Waals surface area contributed by atoms with E-state index in [0.29, 0.717) is 37.7 Å². The Morgan fingerprint density at radius 1 is 1.03 bits per heavy atom. The van der Waals surface area contributed by atoms with E-state index in [0.717, 1.165) is 56.3 Å². The van der Waals surface area contributed by atoms with Gasteiger partial charge in [-0.3, -0.25) is 4.79 Å². The van der Waals surface area contributed by atoms with Crippen LogP contribution in [0.1, 0.15) is 92.1 Å². The third-order valence-corrected chi connectivity index (χ3v) is 10.3. The van der Waals surface area contributed by atoms with Gasteiger partial charge in [0.1, 0.15) is 10.3 Å². The smallest absolute Gasteiger partial charge is 0.399 e. The molecule has 4 aliphatic rings. The number of alkyl halides is 3. The fraction of sp³-hybridized carbons (Fsp3) is 0.786. The summed E-state index contributed by atoms with van der Waals surface area (Å²) in [5, 5.41) is 0. The number of methoxy groups -OCH3 is 1. The molecule has 0 radical (unpaired) electrons. The molecule has 0 bridgehead atoms. The number of esters is 1. The summed E-state index contributed by atoms with van der Waals surface area (Å²) in [6.07, 6.45) is 2.90. The highest BCUT2D eigenvalue weighted by Gasteiger charge is 2.65. The van der Waals surface area contributed by atoms with E-state index in [1.807, 2.05) is 0 Å². The molecule has 1 amide bonds. The maximum Gasteiger partial charge on any atom is 0.399 e. The second-order valence-electron chi connectivity index (χ2n) is 11.6. The standard InChI is InChI=1S/C28H38F3NO5S/c1-17-3-5-18(6-4-17)25(33)32(19-7-9-20(10-8-19)37-21-11-14-36-16-21)22-15-23(38-24(22)26(34)35-2)27(12-13-27)28(29,30)31/h15,17-21H,3-14,16H2,1-2H3. The van der Waals surface area contributed by atoms with Crippen molar-refractivity contribution in [3.63, 3.8) is 0 Å². The van der Waals surface area contributed by atoms with E-state index in [1.165, 1.54) is 13.2 Å². The van der Waals surface area contributed by atoms with Crippen LogP contribution in [-0.2, 0) is 24.4 Å². The van der Waals surface area contributed by atoms with Gasteiger partial charge in [0.25, 0.3) is 0 Å². The maximum atomic E-state index is 14.1. The molecule has 3 saturated carbocycles. The Balaban J connectivity index is 1.45. The predicted octanol–water partition coefficient (Wildman–Crippen LogP) is 6.40. The van der Waals surface area contributed by atoms with E-state index < -0.39 is 17.6 Å². The lowest BCUT2D eigenvalue weighted by atomic mass is 9.81. The summed E-state index contributed by atoms with van der Waals surface area (Å²) in [6.45, 7) is 3.49. The summed E-state index contributed by atoms with van der Waals surface area (Å²) in [5.41, 5.74) is -1.63. The van der Waals surface area contributed by atoms with Gasteiger partial charge in [0, 0.05) is 23.4 Å². The van der Waals surface area contributed by atoms with E-state index >= 15 is 0 Å². The molecule has 1 unspecified atom stereocenters. The molecule has 10 heteroatoms. The molecule has 212 valence electrons. The number of hydrogen-bond donors (Lipinski definition) is 0. The molecule has 38 heavy (non-hydrogen) atoms. The highest BCUT2D eigenvalue weighted by molar-refractivity contribution is 7.14. The van der Waals surface area contributed by atoms with Crippen LogP contribution in [-0.4, -0.2) is 56.6 Å². The minimum atomic E-state index is -4.41. The third kappa shape index (κ3) is 5.50.